The summed E-state index contributed by atoms with van der Waals surface area (Å²) < 4.78 is 40.5. The van der Waals surface area contributed by atoms with E-state index in [1.165, 1.54) is 23.5 Å². The fourth-order valence-electron chi connectivity index (χ4n) is 3.28. The van der Waals surface area contributed by atoms with Crippen molar-refractivity contribution in [2.24, 2.45) is 5.92 Å². The van der Waals surface area contributed by atoms with Crippen molar-refractivity contribution in [2.75, 3.05) is 23.3 Å². The predicted molar refractivity (Wildman–Crippen MR) is 104 cm³/mol. The van der Waals surface area contributed by atoms with E-state index in [-0.39, 0.29) is 17.5 Å². The molecule has 0 bridgehead atoms. The Balaban J connectivity index is 1.43. The molecule has 1 aromatic carbocycles. The van der Waals surface area contributed by atoms with E-state index in [1.54, 1.807) is 0 Å². The van der Waals surface area contributed by atoms with Crippen LogP contribution in [0.5, 0.6) is 0 Å². The highest BCUT2D eigenvalue weighted by atomic mass is 32.1. The van der Waals surface area contributed by atoms with Gasteiger partial charge in [0.2, 0.25) is 16.2 Å². The topological polar surface area (TPSA) is 63.1 Å². The molecule has 2 aromatic heterocycles. The summed E-state index contributed by atoms with van der Waals surface area (Å²) in [7, 11) is 0. The Morgan fingerprint density at radius 2 is 1.90 bits per heavy atom. The van der Waals surface area contributed by atoms with Gasteiger partial charge in [-0.05, 0) is 43.2 Å². The van der Waals surface area contributed by atoms with Crippen LogP contribution < -0.4 is 10.2 Å². The molecule has 1 fully saturated rings. The molecule has 29 heavy (non-hydrogen) atoms. The quantitative estimate of drug-likeness (QED) is 0.686. The van der Waals surface area contributed by atoms with Crippen LogP contribution in [0.25, 0.3) is 5.13 Å². The highest BCUT2D eigenvalue weighted by molar-refractivity contribution is 7.17. The first-order chi connectivity index (χ1) is 13.9. The van der Waals surface area contributed by atoms with Gasteiger partial charge in [0, 0.05) is 31.2 Å². The van der Waals surface area contributed by atoms with Gasteiger partial charge in [-0.15, -0.1) is 10.2 Å². The predicted octanol–water partition coefficient (Wildman–Crippen LogP) is 4.20. The summed E-state index contributed by atoms with van der Waals surface area (Å²) in [6.45, 7) is 1.21. The lowest BCUT2D eigenvalue weighted by Crippen LogP contribution is -2.40. The minimum atomic E-state index is -4.45. The Bertz CT molecular complexity index is 986. The van der Waals surface area contributed by atoms with E-state index in [0.717, 1.165) is 35.4 Å². The smallest absolute Gasteiger partial charge is 0.346 e. The molecule has 1 aliphatic heterocycles. The van der Waals surface area contributed by atoms with Crippen LogP contribution in [0.4, 0.5) is 24.0 Å². The molecule has 1 unspecified atom stereocenters. The molecule has 0 radical (unpaired) electrons. The lowest BCUT2D eigenvalue weighted by atomic mass is 9.97. The molecule has 1 N–H and O–H groups in total. The van der Waals surface area contributed by atoms with Gasteiger partial charge in [-0.1, -0.05) is 17.4 Å². The van der Waals surface area contributed by atoms with E-state index >= 15 is 0 Å². The fourth-order valence-corrected chi connectivity index (χ4v) is 4.13. The summed E-state index contributed by atoms with van der Waals surface area (Å²) in [6, 6.07) is 8.48. The maximum absolute atomic E-state index is 12.9. The second-order valence-electron chi connectivity index (χ2n) is 6.81. The van der Waals surface area contributed by atoms with Crippen molar-refractivity contribution in [2.45, 2.75) is 19.0 Å². The number of carbonyl (C=O) groups excluding carboxylic acids is 1. The molecule has 0 spiro atoms. The molecule has 1 saturated heterocycles. The molecule has 4 rings (SSSR count). The number of aromatic nitrogens is 3. The monoisotopic (exact) mass is 421 g/mol. The Hall–Kier alpha value is -2.88. The van der Waals surface area contributed by atoms with Gasteiger partial charge in [-0.2, -0.15) is 13.2 Å². The number of nitrogens with zero attached hydrogens (tertiary/aromatic N) is 4. The second-order valence-corrected chi connectivity index (χ2v) is 7.74. The van der Waals surface area contributed by atoms with Crippen LogP contribution in [0.2, 0.25) is 0 Å². The first kappa shape index (κ1) is 19.4. The number of nitrogens with one attached hydrogen (secondary N) is 1. The number of halogens is 3. The van der Waals surface area contributed by atoms with Gasteiger partial charge in [-0.3, -0.25) is 9.36 Å². The van der Waals surface area contributed by atoms with E-state index in [4.69, 9.17) is 0 Å². The highest BCUT2D eigenvalue weighted by Gasteiger charge is 2.31. The fraction of sp³-hybridized carbons (Fsp3) is 0.316. The van der Waals surface area contributed by atoms with Gasteiger partial charge in [0.25, 0.3) is 0 Å². The van der Waals surface area contributed by atoms with Crippen molar-refractivity contribution in [3.63, 3.8) is 0 Å². The Labute approximate surface area is 169 Å². The van der Waals surface area contributed by atoms with Crippen molar-refractivity contribution >= 4 is 28.1 Å². The summed E-state index contributed by atoms with van der Waals surface area (Å²) >= 11 is 1.43. The van der Waals surface area contributed by atoms with Crippen LogP contribution in [0, 0.1) is 5.92 Å². The average molecular weight is 421 g/mol. The average Bonchev–Trinajstić information content (AvgIpc) is 3.39. The second kappa shape index (κ2) is 7.86. The third-order valence-corrected chi connectivity index (χ3v) is 5.75. The number of carbonyl (C=O) groups is 1. The molecule has 10 heteroatoms. The van der Waals surface area contributed by atoms with E-state index in [0.29, 0.717) is 13.0 Å². The number of hydrogen-bond donors (Lipinski definition) is 1. The molecule has 6 nitrogen and oxygen atoms in total. The van der Waals surface area contributed by atoms with Gasteiger partial charge in [0.1, 0.15) is 0 Å². The molecule has 152 valence electrons. The number of amides is 1. The lowest BCUT2D eigenvalue weighted by Gasteiger charge is -2.31. The van der Waals surface area contributed by atoms with Crippen LogP contribution in [0.15, 0.2) is 48.8 Å². The zero-order chi connectivity index (χ0) is 20.4. The van der Waals surface area contributed by atoms with Crippen molar-refractivity contribution in [1.82, 2.24) is 14.8 Å². The van der Waals surface area contributed by atoms with E-state index < -0.39 is 11.7 Å². The number of anilines is 2. The van der Waals surface area contributed by atoms with Gasteiger partial charge >= 0.3 is 6.18 Å². The highest BCUT2D eigenvalue weighted by Crippen LogP contribution is 2.31. The number of alkyl halides is 3. The van der Waals surface area contributed by atoms with Crippen molar-refractivity contribution in [1.29, 1.82) is 0 Å². The third kappa shape index (κ3) is 4.42. The Morgan fingerprint density at radius 3 is 2.66 bits per heavy atom. The third-order valence-electron chi connectivity index (χ3n) is 4.75. The number of piperidine rings is 1. The number of benzene rings is 1. The molecule has 1 amide bonds. The van der Waals surface area contributed by atoms with Crippen molar-refractivity contribution in [3.8, 4) is 5.13 Å². The van der Waals surface area contributed by atoms with E-state index in [9.17, 15) is 18.0 Å². The summed E-state index contributed by atoms with van der Waals surface area (Å²) in [6.07, 6.45) is 0.777. The zero-order valence-electron chi connectivity index (χ0n) is 15.3. The van der Waals surface area contributed by atoms with Gasteiger partial charge in [-0.25, -0.2) is 0 Å². The van der Waals surface area contributed by atoms with Crippen LogP contribution in [0.1, 0.15) is 18.4 Å². The van der Waals surface area contributed by atoms with E-state index in [1.807, 2.05) is 34.0 Å². The van der Waals surface area contributed by atoms with Crippen LogP contribution in [-0.2, 0) is 11.0 Å². The lowest BCUT2D eigenvalue weighted by molar-refractivity contribution is -0.137. The maximum atomic E-state index is 12.9. The Kier molecular flexibility index (Phi) is 5.27. The van der Waals surface area contributed by atoms with Gasteiger partial charge < -0.3 is 10.2 Å². The molecule has 0 aliphatic carbocycles. The summed E-state index contributed by atoms with van der Waals surface area (Å²) in [5.41, 5.74) is -0.639. The largest absolute Gasteiger partial charge is 0.416 e. The molecular weight excluding hydrogens is 403 g/mol. The summed E-state index contributed by atoms with van der Waals surface area (Å²) in [5.74, 6) is -0.624. The van der Waals surface area contributed by atoms with Crippen LogP contribution in [-0.4, -0.2) is 33.8 Å². The van der Waals surface area contributed by atoms with Crippen LogP contribution in [0.3, 0.4) is 0 Å². The molecule has 1 atom stereocenters. The normalized spacial score (nSPS) is 17.3. The zero-order valence-corrected chi connectivity index (χ0v) is 16.1. The molecule has 1 aliphatic rings. The first-order valence-corrected chi connectivity index (χ1v) is 9.92. The van der Waals surface area contributed by atoms with Crippen molar-refractivity contribution in [3.05, 3.63) is 54.4 Å². The SMILES string of the molecule is O=C(Nc1cccc(C(F)(F)F)c1)C1CCCN(c2nnc(-n3cccc3)s2)C1. The minimum Gasteiger partial charge on any atom is -0.346 e. The van der Waals surface area contributed by atoms with Gasteiger partial charge in [0.05, 0.1) is 11.5 Å². The number of rotatable bonds is 4. The van der Waals surface area contributed by atoms with Gasteiger partial charge in [0.15, 0.2) is 0 Å². The maximum Gasteiger partial charge on any atom is 0.416 e. The molecule has 3 aromatic rings. The molecular formula is C19H18F3N5OS. The first-order valence-electron chi connectivity index (χ1n) is 9.10. The summed E-state index contributed by atoms with van der Waals surface area (Å²) in [5, 5.41) is 12.5. The molecule has 3 heterocycles. The Morgan fingerprint density at radius 1 is 1.14 bits per heavy atom. The van der Waals surface area contributed by atoms with Crippen molar-refractivity contribution < 1.29 is 18.0 Å². The number of hydrogen-bond acceptors (Lipinski definition) is 5. The standard InChI is InChI=1S/C19H18F3N5OS/c20-19(21,22)14-6-3-7-15(11-14)23-16(28)13-5-4-10-27(12-13)18-25-24-17(29-18)26-8-1-2-9-26/h1-3,6-9,11,13H,4-5,10,12H2,(H,23,28). The summed E-state index contributed by atoms with van der Waals surface area (Å²) in [4.78, 5) is 14.6. The minimum absolute atomic E-state index is 0.146. The van der Waals surface area contributed by atoms with Crippen LogP contribution >= 0.6 is 11.3 Å². The molecule has 0 saturated carbocycles. The van der Waals surface area contributed by atoms with E-state index in [2.05, 4.69) is 15.5 Å².